The van der Waals surface area contributed by atoms with Gasteiger partial charge in [0, 0.05) is 13.4 Å². The van der Waals surface area contributed by atoms with Crippen molar-refractivity contribution in [3.63, 3.8) is 0 Å². The number of hydrogen-bond donors (Lipinski definition) is 2. The molecule has 0 radical (unpaired) electrons. The molecule has 1 aromatic carbocycles. The monoisotopic (exact) mass is 504 g/mol. The average molecular weight is 507 g/mol. The van der Waals surface area contributed by atoms with E-state index in [2.05, 4.69) is 64.8 Å². The van der Waals surface area contributed by atoms with E-state index in [0.717, 1.165) is 30.4 Å². The van der Waals surface area contributed by atoms with Gasteiger partial charge in [-0.3, -0.25) is 4.72 Å². The summed E-state index contributed by atoms with van der Waals surface area (Å²) in [6, 6.07) is 3.61. The molecule has 0 spiro atoms. The van der Waals surface area contributed by atoms with Crippen molar-refractivity contribution in [2.75, 3.05) is 23.6 Å². The predicted molar refractivity (Wildman–Crippen MR) is 99.3 cm³/mol. The molecule has 0 aliphatic heterocycles. The number of anilines is 1. The lowest BCUT2D eigenvalue weighted by atomic mass is 10.3. The average Bonchev–Trinajstić information content (AvgIpc) is 2.38. The summed E-state index contributed by atoms with van der Waals surface area (Å²) < 4.78 is 29.1. The van der Waals surface area contributed by atoms with E-state index in [1.165, 1.54) is 0 Å². The summed E-state index contributed by atoms with van der Waals surface area (Å²) in [6.45, 7) is 3.94. The first-order valence-electron chi connectivity index (χ1n) is 6.71. The molecular weight excluding hydrogens is 488 g/mol. The van der Waals surface area contributed by atoms with E-state index in [9.17, 15) is 8.42 Å². The maximum atomic E-state index is 12.1. The molecule has 0 bridgehead atoms. The Morgan fingerprint density at radius 2 is 1.67 bits per heavy atom. The van der Waals surface area contributed by atoms with Crippen molar-refractivity contribution in [2.45, 2.75) is 26.2 Å². The minimum Gasteiger partial charge on any atom is -0.317 e. The molecule has 0 aliphatic rings. The van der Waals surface area contributed by atoms with Crippen molar-refractivity contribution in [1.82, 2.24) is 5.32 Å². The third-order valence-corrected chi connectivity index (χ3v) is 5.76. The smallest absolute Gasteiger partial charge is 0.232 e. The van der Waals surface area contributed by atoms with Crippen LogP contribution in [0.3, 0.4) is 0 Å². The van der Waals surface area contributed by atoms with Crippen LogP contribution < -0.4 is 10.0 Å². The van der Waals surface area contributed by atoms with Crippen molar-refractivity contribution >= 4 is 63.5 Å². The van der Waals surface area contributed by atoms with E-state index < -0.39 is 10.0 Å². The molecule has 0 saturated heterocycles. The number of sulfonamides is 1. The molecule has 0 aliphatic carbocycles. The van der Waals surface area contributed by atoms with Gasteiger partial charge in [0.25, 0.3) is 0 Å². The zero-order chi connectivity index (χ0) is 15.9. The van der Waals surface area contributed by atoms with Crippen LogP contribution in [-0.4, -0.2) is 27.3 Å². The zero-order valence-electron chi connectivity index (χ0n) is 11.8. The van der Waals surface area contributed by atoms with Crippen LogP contribution in [0.5, 0.6) is 0 Å². The lowest BCUT2D eigenvalue weighted by Gasteiger charge is -2.12. The number of halogens is 3. The van der Waals surface area contributed by atoms with E-state index in [-0.39, 0.29) is 5.75 Å². The Labute approximate surface area is 151 Å². The van der Waals surface area contributed by atoms with Gasteiger partial charge >= 0.3 is 0 Å². The van der Waals surface area contributed by atoms with E-state index in [0.29, 0.717) is 21.1 Å². The molecule has 0 fully saturated rings. The van der Waals surface area contributed by atoms with Crippen LogP contribution in [0.2, 0.25) is 0 Å². The Kier molecular flexibility index (Phi) is 8.78. The molecule has 0 atom stereocenters. The fourth-order valence-corrected chi connectivity index (χ4v) is 5.63. The van der Waals surface area contributed by atoms with E-state index >= 15 is 0 Å². The molecule has 21 heavy (non-hydrogen) atoms. The SMILES string of the molecule is CCCNCCCCS(=O)(=O)Nc1c(Br)cc(Br)cc1Br. The van der Waals surface area contributed by atoms with Gasteiger partial charge in [-0.05, 0) is 76.3 Å². The van der Waals surface area contributed by atoms with Crippen molar-refractivity contribution in [3.05, 3.63) is 25.6 Å². The minimum atomic E-state index is -3.34. The lowest BCUT2D eigenvalue weighted by molar-refractivity contribution is 0.590. The fraction of sp³-hybridized carbons (Fsp3) is 0.538. The van der Waals surface area contributed by atoms with Gasteiger partial charge in [-0.25, -0.2) is 8.42 Å². The molecule has 0 heterocycles. The Morgan fingerprint density at radius 1 is 1.05 bits per heavy atom. The van der Waals surface area contributed by atoms with Crippen LogP contribution in [0.1, 0.15) is 26.2 Å². The highest BCUT2D eigenvalue weighted by molar-refractivity contribution is 9.11. The van der Waals surface area contributed by atoms with Gasteiger partial charge in [-0.15, -0.1) is 0 Å². The normalized spacial score (nSPS) is 11.6. The van der Waals surface area contributed by atoms with Crippen molar-refractivity contribution in [3.8, 4) is 0 Å². The fourth-order valence-electron chi connectivity index (χ4n) is 1.69. The molecule has 1 aromatic rings. The highest BCUT2D eigenvalue weighted by Gasteiger charge is 2.15. The van der Waals surface area contributed by atoms with Crippen molar-refractivity contribution < 1.29 is 8.42 Å². The highest BCUT2D eigenvalue weighted by Crippen LogP contribution is 2.35. The van der Waals surface area contributed by atoms with Crippen LogP contribution in [0.25, 0.3) is 0 Å². The maximum absolute atomic E-state index is 12.1. The third-order valence-electron chi connectivity index (χ3n) is 2.71. The maximum Gasteiger partial charge on any atom is 0.232 e. The minimum absolute atomic E-state index is 0.121. The lowest BCUT2D eigenvalue weighted by Crippen LogP contribution is -2.20. The molecule has 1 rings (SSSR count). The highest BCUT2D eigenvalue weighted by atomic mass is 79.9. The van der Waals surface area contributed by atoms with E-state index in [4.69, 9.17) is 0 Å². The number of nitrogens with one attached hydrogen (secondary N) is 2. The van der Waals surface area contributed by atoms with Gasteiger partial charge in [0.15, 0.2) is 0 Å². The summed E-state index contributed by atoms with van der Waals surface area (Å²) in [5.74, 6) is 0.121. The number of rotatable bonds is 9. The third kappa shape index (κ3) is 7.45. The molecule has 8 heteroatoms. The van der Waals surface area contributed by atoms with Gasteiger partial charge in [0.05, 0.1) is 11.4 Å². The summed E-state index contributed by atoms with van der Waals surface area (Å²) in [5, 5.41) is 3.26. The predicted octanol–water partition coefficient (Wildman–Crippen LogP) is 4.50. The quantitative estimate of drug-likeness (QED) is 0.485. The summed E-state index contributed by atoms with van der Waals surface area (Å²) in [5.41, 5.74) is 0.530. The molecule has 0 saturated carbocycles. The van der Waals surface area contributed by atoms with Crippen LogP contribution in [-0.2, 0) is 10.0 Å². The van der Waals surface area contributed by atoms with Gasteiger partial charge in [0.2, 0.25) is 10.0 Å². The zero-order valence-corrected chi connectivity index (χ0v) is 17.3. The molecule has 120 valence electrons. The van der Waals surface area contributed by atoms with Crippen molar-refractivity contribution in [1.29, 1.82) is 0 Å². The second kappa shape index (κ2) is 9.50. The first-order chi connectivity index (χ1) is 9.85. The standard InChI is InChI=1S/C13H19Br3N2O2S/c1-2-5-17-6-3-4-7-21(19,20)18-13-11(15)8-10(14)9-12(13)16/h8-9,17-18H,2-7H2,1H3. The molecular formula is C13H19Br3N2O2S. The largest absolute Gasteiger partial charge is 0.317 e. The van der Waals surface area contributed by atoms with Crippen LogP contribution in [0.15, 0.2) is 25.6 Å². The van der Waals surface area contributed by atoms with Gasteiger partial charge in [-0.2, -0.15) is 0 Å². The number of benzene rings is 1. The molecule has 0 unspecified atom stereocenters. The van der Waals surface area contributed by atoms with Crippen LogP contribution >= 0.6 is 47.8 Å². The second-order valence-electron chi connectivity index (χ2n) is 4.62. The number of unbranched alkanes of at least 4 members (excludes halogenated alkanes) is 1. The first-order valence-corrected chi connectivity index (χ1v) is 10.7. The van der Waals surface area contributed by atoms with Crippen molar-refractivity contribution in [2.24, 2.45) is 0 Å². The summed E-state index contributed by atoms with van der Waals surface area (Å²) in [6.07, 6.45) is 2.58. The van der Waals surface area contributed by atoms with Gasteiger partial charge in [0.1, 0.15) is 0 Å². The van der Waals surface area contributed by atoms with Gasteiger partial charge in [-0.1, -0.05) is 22.9 Å². The second-order valence-corrected chi connectivity index (χ2v) is 9.09. The van der Waals surface area contributed by atoms with Crippen LogP contribution in [0, 0.1) is 0 Å². The summed E-state index contributed by atoms with van der Waals surface area (Å²) in [4.78, 5) is 0. The Balaban J connectivity index is 2.53. The van der Waals surface area contributed by atoms with Crippen LogP contribution in [0.4, 0.5) is 5.69 Å². The topological polar surface area (TPSA) is 58.2 Å². The first kappa shape index (κ1) is 19.4. The Bertz CT molecular complexity index is 542. The van der Waals surface area contributed by atoms with E-state index in [1.54, 1.807) is 12.1 Å². The summed E-state index contributed by atoms with van der Waals surface area (Å²) >= 11 is 10.1. The summed E-state index contributed by atoms with van der Waals surface area (Å²) in [7, 11) is -3.34. The van der Waals surface area contributed by atoms with Gasteiger partial charge < -0.3 is 5.32 Å². The Hall–Kier alpha value is 0.370. The molecule has 2 N–H and O–H groups in total. The Morgan fingerprint density at radius 3 is 2.24 bits per heavy atom. The molecule has 4 nitrogen and oxygen atoms in total. The number of hydrogen-bond acceptors (Lipinski definition) is 3. The molecule has 0 aromatic heterocycles. The molecule has 0 amide bonds. The van der Waals surface area contributed by atoms with E-state index in [1.807, 2.05) is 0 Å².